The number of nitrogens with one attached hydrogen (secondary N) is 1. The number of hydrogen-bond acceptors (Lipinski definition) is 3. The predicted molar refractivity (Wildman–Crippen MR) is 123 cm³/mol. The fourth-order valence-electron chi connectivity index (χ4n) is 4.51. The Labute approximate surface area is 184 Å². The van der Waals surface area contributed by atoms with Crippen molar-refractivity contribution >= 4 is 5.91 Å². The molecule has 3 aromatic rings. The number of fused-ring (bicyclic) bond motifs is 1. The number of phenolic OH excluding ortho intramolecular Hbond substituents is 1. The molecule has 1 atom stereocenters. The Bertz CT molecular complexity index is 1110. The monoisotopic (exact) mass is 417 g/mol. The summed E-state index contributed by atoms with van der Waals surface area (Å²) in [5.41, 5.74) is 6.91. The van der Waals surface area contributed by atoms with Gasteiger partial charge in [-0.3, -0.25) is 9.89 Å². The molecule has 0 spiro atoms. The number of phenols is 1. The standard InChI is InChI=1S/C26H31N3O2/c1-6-7-12-29-24(19-10-8-18(9-11-19)15(2)3)21-22(27-28-23(21)26(29)31)20-14-16(4)13-17(5)25(20)30/h8-11,13-15,24,30H,6-7,12H2,1-5H3,(H,27,28). The second-order valence-electron chi connectivity index (χ2n) is 8.91. The quantitative estimate of drug-likeness (QED) is 0.527. The maximum absolute atomic E-state index is 13.3. The third-order valence-electron chi connectivity index (χ3n) is 6.24. The van der Waals surface area contributed by atoms with Crippen LogP contribution in [0.4, 0.5) is 0 Å². The maximum atomic E-state index is 13.3. The van der Waals surface area contributed by atoms with Crippen LogP contribution >= 0.6 is 0 Å². The number of nitrogens with zero attached hydrogens (tertiary/aromatic N) is 2. The molecular formula is C26H31N3O2. The van der Waals surface area contributed by atoms with E-state index in [2.05, 4.69) is 55.2 Å². The molecule has 4 rings (SSSR count). The Morgan fingerprint density at radius 2 is 1.87 bits per heavy atom. The van der Waals surface area contributed by atoms with Gasteiger partial charge in [-0.25, -0.2) is 0 Å². The van der Waals surface area contributed by atoms with Crippen LogP contribution in [0, 0.1) is 13.8 Å². The highest BCUT2D eigenvalue weighted by Crippen LogP contribution is 2.45. The molecule has 2 aromatic carbocycles. The van der Waals surface area contributed by atoms with Gasteiger partial charge in [0.25, 0.3) is 5.91 Å². The number of benzene rings is 2. The fourth-order valence-corrected chi connectivity index (χ4v) is 4.51. The molecule has 1 amide bonds. The summed E-state index contributed by atoms with van der Waals surface area (Å²) in [6, 6.07) is 12.2. The van der Waals surface area contributed by atoms with Crippen LogP contribution < -0.4 is 0 Å². The lowest BCUT2D eigenvalue weighted by molar-refractivity contribution is 0.0741. The number of aryl methyl sites for hydroxylation is 2. The van der Waals surface area contributed by atoms with E-state index >= 15 is 0 Å². The number of carbonyl (C=O) groups is 1. The third-order valence-corrected chi connectivity index (χ3v) is 6.24. The second kappa shape index (κ2) is 8.22. The van der Waals surface area contributed by atoms with Gasteiger partial charge in [0.05, 0.1) is 6.04 Å². The first kappa shape index (κ1) is 21.2. The molecule has 31 heavy (non-hydrogen) atoms. The Hall–Kier alpha value is -3.08. The van der Waals surface area contributed by atoms with Crippen molar-refractivity contribution in [1.82, 2.24) is 15.1 Å². The third kappa shape index (κ3) is 3.62. The number of unbranched alkanes of at least 4 members (excludes halogenated alkanes) is 1. The fraction of sp³-hybridized carbons (Fsp3) is 0.385. The molecule has 1 aliphatic rings. The summed E-state index contributed by atoms with van der Waals surface area (Å²) in [4.78, 5) is 15.3. The van der Waals surface area contributed by atoms with Crippen molar-refractivity contribution in [3.05, 3.63) is 69.9 Å². The summed E-state index contributed by atoms with van der Waals surface area (Å²) >= 11 is 0. The Morgan fingerprint density at radius 1 is 1.16 bits per heavy atom. The van der Waals surface area contributed by atoms with Crippen molar-refractivity contribution in [2.24, 2.45) is 0 Å². The minimum Gasteiger partial charge on any atom is -0.507 e. The molecule has 2 N–H and O–H groups in total. The molecule has 0 radical (unpaired) electrons. The summed E-state index contributed by atoms with van der Waals surface area (Å²) in [6.45, 7) is 11.1. The van der Waals surface area contributed by atoms with Gasteiger partial charge in [0.15, 0.2) is 0 Å². The summed E-state index contributed by atoms with van der Waals surface area (Å²) in [5.74, 6) is 0.639. The minimum atomic E-state index is -0.218. The van der Waals surface area contributed by atoms with E-state index in [9.17, 15) is 9.90 Å². The van der Waals surface area contributed by atoms with Crippen LogP contribution in [0.5, 0.6) is 5.75 Å². The summed E-state index contributed by atoms with van der Waals surface area (Å²) in [6.07, 6.45) is 1.95. The minimum absolute atomic E-state index is 0.0241. The van der Waals surface area contributed by atoms with Crippen molar-refractivity contribution in [2.45, 2.75) is 59.4 Å². The molecule has 1 aromatic heterocycles. The smallest absolute Gasteiger partial charge is 0.273 e. The SMILES string of the molecule is CCCCN1C(=O)c2[nH]nc(-c3cc(C)cc(C)c3O)c2C1c1ccc(C(C)C)cc1. The molecule has 0 saturated heterocycles. The first-order valence-corrected chi connectivity index (χ1v) is 11.1. The van der Waals surface area contributed by atoms with E-state index < -0.39 is 0 Å². The summed E-state index contributed by atoms with van der Waals surface area (Å²) in [5, 5.41) is 18.3. The van der Waals surface area contributed by atoms with E-state index in [4.69, 9.17) is 0 Å². The Balaban J connectivity index is 1.88. The molecule has 1 aliphatic heterocycles. The van der Waals surface area contributed by atoms with Crippen LogP contribution in [0.15, 0.2) is 36.4 Å². The molecule has 5 heteroatoms. The number of rotatable bonds is 6. The van der Waals surface area contributed by atoms with Crippen LogP contribution in [-0.2, 0) is 0 Å². The van der Waals surface area contributed by atoms with E-state index in [0.717, 1.165) is 35.1 Å². The Morgan fingerprint density at radius 3 is 2.52 bits per heavy atom. The first-order valence-electron chi connectivity index (χ1n) is 11.1. The largest absolute Gasteiger partial charge is 0.507 e. The van der Waals surface area contributed by atoms with E-state index in [1.807, 2.05) is 30.9 Å². The van der Waals surface area contributed by atoms with Gasteiger partial charge in [-0.1, -0.05) is 57.5 Å². The molecule has 0 aliphatic carbocycles. The van der Waals surface area contributed by atoms with Crippen LogP contribution in [-0.4, -0.2) is 32.7 Å². The van der Waals surface area contributed by atoms with Crippen LogP contribution in [0.3, 0.4) is 0 Å². The number of aromatic nitrogens is 2. The van der Waals surface area contributed by atoms with Crippen molar-refractivity contribution < 1.29 is 9.90 Å². The number of carbonyl (C=O) groups excluding carboxylic acids is 1. The van der Waals surface area contributed by atoms with Gasteiger partial charge < -0.3 is 10.0 Å². The normalized spacial score (nSPS) is 15.7. The lowest BCUT2D eigenvalue weighted by atomic mass is 9.92. The van der Waals surface area contributed by atoms with Crippen LogP contribution in [0.2, 0.25) is 0 Å². The number of aromatic hydroxyl groups is 1. The zero-order chi connectivity index (χ0) is 22.3. The molecule has 1 unspecified atom stereocenters. The van der Waals surface area contributed by atoms with Crippen molar-refractivity contribution in [1.29, 1.82) is 0 Å². The van der Waals surface area contributed by atoms with Gasteiger partial charge in [-0.15, -0.1) is 0 Å². The second-order valence-corrected chi connectivity index (χ2v) is 8.91. The van der Waals surface area contributed by atoms with Crippen molar-refractivity contribution in [3.63, 3.8) is 0 Å². The van der Waals surface area contributed by atoms with E-state index in [0.29, 0.717) is 29.4 Å². The highest BCUT2D eigenvalue weighted by molar-refractivity contribution is 6.00. The summed E-state index contributed by atoms with van der Waals surface area (Å²) in [7, 11) is 0. The topological polar surface area (TPSA) is 69.2 Å². The van der Waals surface area contributed by atoms with Crippen LogP contribution in [0.25, 0.3) is 11.3 Å². The van der Waals surface area contributed by atoms with Gasteiger partial charge in [0.1, 0.15) is 17.1 Å². The molecule has 0 fully saturated rings. The van der Waals surface area contributed by atoms with E-state index in [1.165, 1.54) is 5.56 Å². The Kier molecular flexibility index (Phi) is 5.61. The molecule has 0 bridgehead atoms. The highest BCUT2D eigenvalue weighted by Gasteiger charge is 2.42. The molecule has 162 valence electrons. The first-order chi connectivity index (χ1) is 14.8. The number of aromatic amines is 1. The van der Waals surface area contributed by atoms with E-state index in [-0.39, 0.29) is 17.7 Å². The number of H-pyrrole nitrogens is 1. The number of amides is 1. The van der Waals surface area contributed by atoms with E-state index in [1.54, 1.807) is 0 Å². The average Bonchev–Trinajstić information content (AvgIpc) is 3.28. The summed E-state index contributed by atoms with van der Waals surface area (Å²) < 4.78 is 0. The molecule has 5 nitrogen and oxygen atoms in total. The van der Waals surface area contributed by atoms with Gasteiger partial charge >= 0.3 is 0 Å². The molecule has 0 saturated carbocycles. The maximum Gasteiger partial charge on any atom is 0.273 e. The lowest BCUT2D eigenvalue weighted by Gasteiger charge is -2.26. The predicted octanol–water partition coefficient (Wildman–Crippen LogP) is 5.87. The van der Waals surface area contributed by atoms with Gasteiger partial charge in [0, 0.05) is 17.7 Å². The zero-order valence-electron chi connectivity index (χ0n) is 19.0. The molecule has 2 heterocycles. The average molecular weight is 418 g/mol. The zero-order valence-corrected chi connectivity index (χ0v) is 19.0. The van der Waals surface area contributed by atoms with Crippen molar-refractivity contribution in [2.75, 3.05) is 6.54 Å². The highest BCUT2D eigenvalue weighted by atomic mass is 16.3. The van der Waals surface area contributed by atoms with Gasteiger partial charge in [-0.05, 0) is 54.5 Å². The lowest BCUT2D eigenvalue weighted by Crippen LogP contribution is -2.30. The number of hydrogen-bond donors (Lipinski definition) is 2. The van der Waals surface area contributed by atoms with Gasteiger partial charge in [-0.2, -0.15) is 5.10 Å². The van der Waals surface area contributed by atoms with Gasteiger partial charge in [0.2, 0.25) is 0 Å². The molecular weight excluding hydrogens is 386 g/mol. The van der Waals surface area contributed by atoms with Crippen molar-refractivity contribution in [3.8, 4) is 17.0 Å². The van der Waals surface area contributed by atoms with Crippen LogP contribution in [0.1, 0.15) is 83.9 Å².